The number of halogens is 1. The number of nitrogens with two attached hydrogens (primary N) is 1. The average Bonchev–Trinajstić information content (AvgIpc) is 2.47. The van der Waals surface area contributed by atoms with Crippen LogP contribution < -0.4 is 15.2 Å². The monoisotopic (exact) mass is 291 g/mol. The molecule has 0 heterocycles. The third-order valence-electron chi connectivity index (χ3n) is 3.42. The van der Waals surface area contributed by atoms with Gasteiger partial charge in [-0.25, -0.2) is 0 Å². The van der Waals surface area contributed by atoms with Gasteiger partial charge in [-0.2, -0.15) is 0 Å². The first-order chi connectivity index (χ1) is 9.50. The Morgan fingerprint density at radius 2 is 1.65 bits per heavy atom. The maximum atomic E-state index is 6.53. The molecule has 2 rings (SSSR count). The van der Waals surface area contributed by atoms with E-state index in [-0.39, 0.29) is 0 Å². The Labute approximate surface area is 124 Å². The summed E-state index contributed by atoms with van der Waals surface area (Å²) in [7, 11) is 3.22. The molecule has 4 heteroatoms. The molecule has 0 amide bonds. The van der Waals surface area contributed by atoms with Crippen LogP contribution in [0.5, 0.6) is 11.5 Å². The molecule has 0 fully saturated rings. The summed E-state index contributed by atoms with van der Waals surface area (Å²) in [6.45, 7) is 1.94. The molecule has 106 valence electrons. The molecule has 0 saturated carbocycles. The highest BCUT2D eigenvalue weighted by Crippen LogP contribution is 2.36. The molecule has 0 bridgehead atoms. The van der Waals surface area contributed by atoms with Crippen molar-refractivity contribution in [3.63, 3.8) is 0 Å². The van der Waals surface area contributed by atoms with Gasteiger partial charge in [0.05, 0.1) is 24.8 Å². The van der Waals surface area contributed by atoms with Gasteiger partial charge in [-0.1, -0.05) is 35.9 Å². The predicted octanol–water partition coefficient (Wildman–Crippen LogP) is 3.58. The number of para-hydroxylation sites is 1. The van der Waals surface area contributed by atoms with Crippen molar-refractivity contribution in [1.82, 2.24) is 0 Å². The van der Waals surface area contributed by atoms with Crippen LogP contribution in [-0.4, -0.2) is 14.2 Å². The summed E-state index contributed by atoms with van der Waals surface area (Å²) in [4.78, 5) is 0. The molecule has 0 aliphatic carbocycles. The lowest BCUT2D eigenvalue weighted by molar-refractivity contribution is 0.397. The van der Waals surface area contributed by atoms with Crippen LogP contribution >= 0.6 is 11.6 Å². The van der Waals surface area contributed by atoms with E-state index in [1.807, 2.05) is 43.3 Å². The Balaban J connectivity index is 2.54. The van der Waals surface area contributed by atoms with Gasteiger partial charge in [-0.15, -0.1) is 0 Å². The fourth-order valence-corrected chi connectivity index (χ4v) is 2.41. The SMILES string of the molecule is COc1cc(C(C)(N)c2ccccc2OC)ccc1Cl. The summed E-state index contributed by atoms with van der Waals surface area (Å²) >= 11 is 6.06. The minimum absolute atomic E-state index is 0.562. The fourth-order valence-electron chi connectivity index (χ4n) is 2.21. The number of hydrogen-bond acceptors (Lipinski definition) is 3. The first-order valence-corrected chi connectivity index (χ1v) is 6.65. The number of methoxy groups -OCH3 is 2. The van der Waals surface area contributed by atoms with Gasteiger partial charge < -0.3 is 15.2 Å². The van der Waals surface area contributed by atoms with Gasteiger partial charge in [-0.3, -0.25) is 0 Å². The molecule has 0 radical (unpaired) electrons. The highest BCUT2D eigenvalue weighted by molar-refractivity contribution is 6.32. The minimum atomic E-state index is -0.704. The highest BCUT2D eigenvalue weighted by atomic mass is 35.5. The first-order valence-electron chi connectivity index (χ1n) is 6.27. The van der Waals surface area contributed by atoms with Gasteiger partial charge >= 0.3 is 0 Å². The van der Waals surface area contributed by atoms with E-state index in [0.29, 0.717) is 10.8 Å². The molecule has 2 aromatic carbocycles. The van der Waals surface area contributed by atoms with Gasteiger partial charge in [0.2, 0.25) is 0 Å². The summed E-state index contributed by atoms with van der Waals surface area (Å²) in [5.74, 6) is 1.36. The number of rotatable bonds is 4. The molecule has 0 aliphatic rings. The minimum Gasteiger partial charge on any atom is -0.496 e. The number of benzene rings is 2. The Morgan fingerprint density at radius 1 is 1.00 bits per heavy atom. The summed E-state index contributed by atoms with van der Waals surface area (Å²) in [6.07, 6.45) is 0. The molecular formula is C16H18ClNO2. The Hall–Kier alpha value is -1.71. The summed E-state index contributed by atoms with van der Waals surface area (Å²) in [6, 6.07) is 13.3. The Bertz CT molecular complexity index is 611. The molecule has 1 atom stereocenters. The van der Waals surface area contributed by atoms with Crippen LogP contribution in [0.1, 0.15) is 18.1 Å². The van der Waals surface area contributed by atoms with Crippen molar-refractivity contribution in [2.24, 2.45) is 5.73 Å². The van der Waals surface area contributed by atoms with Gasteiger partial charge in [0.15, 0.2) is 0 Å². The van der Waals surface area contributed by atoms with Gasteiger partial charge in [0, 0.05) is 5.56 Å². The van der Waals surface area contributed by atoms with Gasteiger partial charge in [0.25, 0.3) is 0 Å². The molecule has 3 nitrogen and oxygen atoms in total. The molecule has 2 N–H and O–H groups in total. The Morgan fingerprint density at radius 3 is 2.30 bits per heavy atom. The third kappa shape index (κ3) is 2.60. The van der Waals surface area contributed by atoms with Crippen LogP contribution in [0.3, 0.4) is 0 Å². The van der Waals surface area contributed by atoms with E-state index >= 15 is 0 Å². The molecule has 0 saturated heterocycles. The summed E-state index contributed by atoms with van der Waals surface area (Å²) in [5.41, 5.74) is 7.64. The maximum Gasteiger partial charge on any atom is 0.137 e. The van der Waals surface area contributed by atoms with Crippen molar-refractivity contribution >= 4 is 11.6 Å². The summed E-state index contributed by atoms with van der Waals surface area (Å²) in [5, 5.41) is 0.562. The fraction of sp³-hybridized carbons (Fsp3) is 0.250. The lowest BCUT2D eigenvalue weighted by atomic mass is 9.85. The quantitative estimate of drug-likeness (QED) is 0.936. The lowest BCUT2D eigenvalue weighted by Gasteiger charge is -2.28. The smallest absolute Gasteiger partial charge is 0.137 e. The van der Waals surface area contributed by atoms with E-state index in [1.54, 1.807) is 20.3 Å². The molecule has 2 aromatic rings. The first kappa shape index (κ1) is 14.7. The van der Waals surface area contributed by atoms with Crippen molar-refractivity contribution in [1.29, 1.82) is 0 Å². The molecule has 0 spiro atoms. The second-order valence-corrected chi connectivity index (χ2v) is 5.16. The number of ether oxygens (including phenoxy) is 2. The van der Waals surface area contributed by atoms with Crippen LogP contribution in [0, 0.1) is 0 Å². The lowest BCUT2D eigenvalue weighted by Crippen LogP contribution is -2.34. The van der Waals surface area contributed by atoms with Crippen LogP contribution in [-0.2, 0) is 5.54 Å². The zero-order valence-corrected chi connectivity index (χ0v) is 12.6. The second-order valence-electron chi connectivity index (χ2n) is 4.75. The van der Waals surface area contributed by atoms with Crippen molar-refractivity contribution in [2.75, 3.05) is 14.2 Å². The van der Waals surface area contributed by atoms with E-state index in [0.717, 1.165) is 16.9 Å². The second kappa shape index (κ2) is 5.73. The van der Waals surface area contributed by atoms with E-state index in [2.05, 4.69) is 0 Å². The average molecular weight is 292 g/mol. The molecule has 0 aromatic heterocycles. The standard InChI is InChI=1S/C16H18ClNO2/c1-16(18,12-6-4-5-7-14(12)19-2)11-8-9-13(17)15(10-11)20-3/h4-10H,18H2,1-3H3. The van der Waals surface area contributed by atoms with Crippen LogP contribution in [0.2, 0.25) is 5.02 Å². The van der Waals surface area contributed by atoms with Crippen molar-refractivity contribution < 1.29 is 9.47 Å². The zero-order chi connectivity index (χ0) is 14.8. The van der Waals surface area contributed by atoms with Crippen LogP contribution in [0.25, 0.3) is 0 Å². The largest absolute Gasteiger partial charge is 0.496 e. The van der Waals surface area contributed by atoms with E-state index in [9.17, 15) is 0 Å². The van der Waals surface area contributed by atoms with Gasteiger partial charge in [0.1, 0.15) is 11.5 Å². The summed E-state index contributed by atoms with van der Waals surface area (Å²) < 4.78 is 10.7. The Kier molecular flexibility index (Phi) is 4.21. The maximum absolute atomic E-state index is 6.53. The zero-order valence-electron chi connectivity index (χ0n) is 11.8. The van der Waals surface area contributed by atoms with Gasteiger partial charge in [-0.05, 0) is 30.7 Å². The van der Waals surface area contributed by atoms with E-state index in [4.69, 9.17) is 26.8 Å². The molecule has 1 unspecified atom stereocenters. The van der Waals surface area contributed by atoms with Crippen LogP contribution in [0.15, 0.2) is 42.5 Å². The molecule has 0 aliphatic heterocycles. The van der Waals surface area contributed by atoms with E-state index < -0.39 is 5.54 Å². The van der Waals surface area contributed by atoms with E-state index in [1.165, 1.54) is 0 Å². The van der Waals surface area contributed by atoms with Crippen molar-refractivity contribution in [2.45, 2.75) is 12.5 Å². The van der Waals surface area contributed by atoms with Crippen molar-refractivity contribution in [3.8, 4) is 11.5 Å². The normalized spacial score (nSPS) is 13.7. The molecule has 20 heavy (non-hydrogen) atoms. The number of hydrogen-bond donors (Lipinski definition) is 1. The third-order valence-corrected chi connectivity index (χ3v) is 3.73. The van der Waals surface area contributed by atoms with Crippen LogP contribution in [0.4, 0.5) is 0 Å². The van der Waals surface area contributed by atoms with Crippen molar-refractivity contribution in [3.05, 3.63) is 58.6 Å². The highest BCUT2D eigenvalue weighted by Gasteiger charge is 2.27. The molecular weight excluding hydrogens is 274 g/mol. The predicted molar refractivity (Wildman–Crippen MR) is 81.6 cm³/mol. The topological polar surface area (TPSA) is 44.5 Å².